The number of benzene rings is 1. The lowest BCUT2D eigenvalue weighted by atomic mass is 9.88. The monoisotopic (exact) mass is 232 g/mol. The van der Waals surface area contributed by atoms with Gasteiger partial charge in [-0.3, -0.25) is 0 Å². The Balaban J connectivity index is 2.16. The van der Waals surface area contributed by atoms with Gasteiger partial charge in [-0.25, -0.2) is 0 Å². The third-order valence-corrected chi connectivity index (χ3v) is 4.02. The van der Waals surface area contributed by atoms with E-state index in [4.69, 9.17) is 0 Å². The Hall–Kier alpha value is -0.860. The molecule has 2 N–H and O–H groups in total. The SMILES string of the molecule is CCC(C)c1ccc(C2(C)CNCCN2)cc1. The summed E-state index contributed by atoms with van der Waals surface area (Å²) in [6, 6.07) is 9.12. The van der Waals surface area contributed by atoms with E-state index in [-0.39, 0.29) is 5.54 Å². The number of nitrogens with one attached hydrogen (secondary N) is 2. The first-order valence-electron chi connectivity index (χ1n) is 6.72. The summed E-state index contributed by atoms with van der Waals surface area (Å²) in [6.07, 6.45) is 1.20. The van der Waals surface area contributed by atoms with E-state index in [0.717, 1.165) is 19.6 Å². The van der Waals surface area contributed by atoms with E-state index in [9.17, 15) is 0 Å². The van der Waals surface area contributed by atoms with E-state index >= 15 is 0 Å². The molecular weight excluding hydrogens is 208 g/mol. The minimum absolute atomic E-state index is 0.0895. The second kappa shape index (κ2) is 5.19. The number of piperazine rings is 1. The highest BCUT2D eigenvalue weighted by molar-refractivity contribution is 5.30. The fraction of sp³-hybridized carbons (Fsp3) is 0.600. The topological polar surface area (TPSA) is 24.1 Å². The molecule has 1 saturated heterocycles. The predicted octanol–water partition coefficient (Wildman–Crippen LogP) is 2.61. The standard InChI is InChI=1S/C15H24N2/c1-4-12(2)13-5-7-14(8-6-13)15(3)11-16-9-10-17-15/h5-8,12,16-17H,4,9-11H2,1-3H3. The summed E-state index contributed by atoms with van der Waals surface area (Å²) in [5.41, 5.74) is 2.92. The molecule has 2 rings (SSSR count). The molecule has 1 aliphatic rings. The van der Waals surface area contributed by atoms with Crippen LogP contribution in [0.3, 0.4) is 0 Å². The van der Waals surface area contributed by atoms with Gasteiger partial charge >= 0.3 is 0 Å². The molecule has 1 heterocycles. The number of rotatable bonds is 3. The molecule has 0 saturated carbocycles. The average molecular weight is 232 g/mol. The Kier molecular flexibility index (Phi) is 3.85. The van der Waals surface area contributed by atoms with Crippen molar-refractivity contribution in [3.8, 4) is 0 Å². The van der Waals surface area contributed by atoms with Crippen molar-refractivity contribution in [1.82, 2.24) is 10.6 Å². The molecule has 0 bridgehead atoms. The van der Waals surface area contributed by atoms with E-state index < -0.39 is 0 Å². The molecule has 2 atom stereocenters. The summed E-state index contributed by atoms with van der Waals surface area (Å²) in [7, 11) is 0. The van der Waals surface area contributed by atoms with Crippen molar-refractivity contribution in [2.45, 2.75) is 38.6 Å². The van der Waals surface area contributed by atoms with Gasteiger partial charge in [0.2, 0.25) is 0 Å². The van der Waals surface area contributed by atoms with Gasteiger partial charge in [0.05, 0.1) is 5.54 Å². The molecule has 2 unspecified atom stereocenters. The summed E-state index contributed by atoms with van der Waals surface area (Å²) in [5, 5.41) is 7.07. The molecule has 1 aromatic carbocycles. The molecule has 2 heteroatoms. The Morgan fingerprint density at radius 1 is 1.24 bits per heavy atom. The largest absolute Gasteiger partial charge is 0.313 e. The van der Waals surface area contributed by atoms with Gasteiger partial charge in [-0.2, -0.15) is 0 Å². The second-order valence-corrected chi connectivity index (χ2v) is 5.37. The zero-order chi connectivity index (χ0) is 12.3. The van der Waals surface area contributed by atoms with Crippen LogP contribution in [0.5, 0.6) is 0 Å². The van der Waals surface area contributed by atoms with Gasteiger partial charge < -0.3 is 10.6 Å². The Morgan fingerprint density at radius 3 is 2.47 bits per heavy atom. The van der Waals surface area contributed by atoms with Gasteiger partial charge in [-0.05, 0) is 30.4 Å². The zero-order valence-corrected chi connectivity index (χ0v) is 11.2. The van der Waals surface area contributed by atoms with Crippen LogP contribution < -0.4 is 10.6 Å². The fourth-order valence-electron chi connectivity index (χ4n) is 2.45. The van der Waals surface area contributed by atoms with Crippen molar-refractivity contribution in [2.75, 3.05) is 19.6 Å². The Bertz CT molecular complexity index is 350. The quantitative estimate of drug-likeness (QED) is 0.837. The Labute approximate surface area is 105 Å². The third kappa shape index (κ3) is 2.70. The van der Waals surface area contributed by atoms with E-state index in [0.29, 0.717) is 5.92 Å². The summed E-state index contributed by atoms with van der Waals surface area (Å²) in [6.45, 7) is 9.93. The summed E-state index contributed by atoms with van der Waals surface area (Å²) in [5.74, 6) is 0.661. The van der Waals surface area contributed by atoms with Crippen molar-refractivity contribution in [3.63, 3.8) is 0 Å². The molecule has 2 nitrogen and oxygen atoms in total. The van der Waals surface area contributed by atoms with Gasteiger partial charge in [0.15, 0.2) is 0 Å². The molecular formula is C15H24N2. The molecule has 0 aromatic heterocycles. The molecule has 17 heavy (non-hydrogen) atoms. The first-order chi connectivity index (χ1) is 8.15. The van der Waals surface area contributed by atoms with E-state index in [2.05, 4.69) is 55.7 Å². The highest BCUT2D eigenvalue weighted by Crippen LogP contribution is 2.25. The lowest BCUT2D eigenvalue weighted by Gasteiger charge is -2.36. The van der Waals surface area contributed by atoms with Crippen LogP contribution in [0.1, 0.15) is 44.2 Å². The fourth-order valence-corrected chi connectivity index (χ4v) is 2.45. The number of hydrogen-bond acceptors (Lipinski definition) is 2. The van der Waals surface area contributed by atoms with Gasteiger partial charge in [-0.15, -0.1) is 0 Å². The summed E-state index contributed by atoms with van der Waals surface area (Å²) < 4.78 is 0. The van der Waals surface area contributed by atoms with Crippen molar-refractivity contribution in [1.29, 1.82) is 0 Å². The molecule has 1 aromatic rings. The smallest absolute Gasteiger partial charge is 0.0532 e. The van der Waals surface area contributed by atoms with Crippen LogP contribution >= 0.6 is 0 Å². The molecule has 94 valence electrons. The second-order valence-electron chi connectivity index (χ2n) is 5.37. The molecule has 0 aliphatic carbocycles. The lowest BCUT2D eigenvalue weighted by molar-refractivity contribution is 0.303. The summed E-state index contributed by atoms with van der Waals surface area (Å²) >= 11 is 0. The van der Waals surface area contributed by atoms with Crippen LogP contribution in [-0.4, -0.2) is 19.6 Å². The Morgan fingerprint density at radius 2 is 1.94 bits per heavy atom. The molecule has 0 spiro atoms. The van der Waals surface area contributed by atoms with Gasteiger partial charge in [-0.1, -0.05) is 38.1 Å². The molecule has 1 aliphatic heterocycles. The van der Waals surface area contributed by atoms with Crippen LogP contribution in [0.25, 0.3) is 0 Å². The maximum Gasteiger partial charge on any atom is 0.0532 e. The van der Waals surface area contributed by atoms with Crippen LogP contribution in [0.15, 0.2) is 24.3 Å². The highest BCUT2D eigenvalue weighted by atomic mass is 15.1. The van der Waals surface area contributed by atoms with Gasteiger partial charge in [0, 0.05) is 19.6 Å². The average Bonchev–Trinajstić information content (AvgIpc) is 2.39. The maximum atomic E-state index is 3.61. The predicted molar refractivity (Wildman–Crippen MR) is 73.4 cm³/mol. The number of hydrogen-bond donors (Lipinski definition) is 2. The van der Waals surface area contributed by atoms with Gasteiger partial charge in [0.1, 0.15) is 0 Å². The van der Waals surface area contributed by atoms with Crippen molar-refractivity contribution < 1.29 is 0 Å². The highest BCUT2D eigenvalue weighted by Gasteiger charge is 2.27. The zero-order valence-electron chi connectivity index (χ0n) is 11.2. The van der Waals surface area contributed by atoms with Crippen molar-refractivity contribution >= 4 is 0 Å². The maximum absolute atomic E-state index is 3.61. The van der Waals surface area contributed by atoms with Crippen LogP contribution in [-0.2, 0) is 5.54 Å². The van der Waals surface area contributed by atoms with Crippen LogP contribution in [0.2, 0.25) is 0 Å². The minimum Gasteiger partial charge on any atom is -0.313 e. The van der Waals surface area contributed by atoms with Gasteiger partial charge in [0.25, 0.3) is 0 Å². The lowest BCUT2D eigenvalue weighted by Crippen LogP contribution is -2.54. The normalized spacial score (nSPS) is 26.8. The van der Waals surface area contributed by atoms with E-state index in [1.807, 2.05) is 0 Å². The van der Waals surface area contributed by atoms with E-state index in [1.165, 1.54) is 17.5 Å². The molecule has 1 fully saturated rings. The minimum atomic E-state index is 0.0895. The third-order valence-electron chi connectivity index (χ3n) is 4.02. The first-order valence-corrected chi connectivity index (χ1v) is 6.72. The first kappa shape index (κ1) is 12.6. The molecule has 0 amide bonds. The van der Waals surface area contributed by atoms with Crippen LogP contribution in [0.4, 0.5) is 0 Å². The van der Waals surface area contributed by atoms with E-state index in [1.54, 1.807) is 0 Å². The van der Waals surface area contributed by atoms with Crippen LogP contribution in [0, 0.1) is 0 Å². The van der Waals surface area contributed by atoms with Crippen molar-refractivity contribution in [3.05, 3.63) is 35.4 Å². The summed E-state index contributed by atoms with van der Waals surface area (Å²) in [4.78, 5) is 0. The van der Waals surface area contributed by atoms with Crippen molar-refractivity contribution in [2.24, 2.45) is 0 Å². The molecule has 0 radical (unpaired) electrons.